The molecule has 1 aromatic carbocycles. The first-order chi connectivity index (χ1) is 7.70. The summed E-state index contributed by atoms with van der Waals surface area (Å²) in [5, 5.41) is 4.19. The highest BCUT2D eigenvalue weighted by Crippen LogP contribution is 2.36. The molecule has 0 aliphatic heterocycles. The third-order valence-electron chi connectivity index (χ3n) is 3.48. The van der Waals surface area contributed by atoms with Crippen molar-refractivity contribution in [2.45, 2.75) is 31.7 Å². The van der Waals surface area contributed by atoms with Crippen LogP contribution in [0.2, 0.25) is 5.02 Å². The SMILES string of the molecule is CNC(CC1CCC1)c1ccc(Cl)cc1Br. The van der Waals surface area contributed by atoms with Crippen LogP contribution in [0.1, 0.15) is 37.3 Å². The van der Waals surface area contributed by atoms with E-state index in [4.69, 9.17) is 11.6 Å². The minimum atomic E-state index is 0.442. The van der Waals surface area contributed by atoms with Gasteiger partial charge in [0.1, 0.15) is 0 Å². The molecule has 0 radical (unpaired) electrons. The molecule has 1 N–H and O–H groups in total. The Morgan fingerprint density at radius 1 is 1.50 bits per heavy atom. The molecule has 0 aromatic heterocycles. The van der Waals surface area contributed by atoms with Crippen LogP contribution in [0.3, 0.4) is 0 Å². The van der Waals surface area contributed by atoms with Gasteiger partial charge in [-0.15, -0.1) is 0 Å². The van der Waals surface area contributed by atoms with E-state index in [-0.39, 0.29) is 0 Å². The normalized spacial score (nSPS) is 18.2. The van der Waals surface area contributed by atoms with Gasteiger partial charge in [0.15, 0.2) is 0 Å². The van der Waals surface area contributed by atoms with Crippen LogP contribution in [-0.4, -0.2) is 7.05 Å². The zero-order chi connectivity index (χ0) is 11.5. The maximum atomic E-state index is 5.96. The number of hydrogen-bond acceptors (Lipinski definition) is 1. The van der Waals surface area contributed by atoms with E-state index in [9.17, 15) is 0 Å². The molecule has 1 atom stereocenters. The van der Waals surface area contributed by atoms with E-state index in [1.54, 1.807) is 0 Å². The van der Waals surface area contributed by atoms with Crippen LogP contribution >= 0.6 is 27.5 Å². The first-order valence-corrected chi connectivity index (χ1v) is 7.00. The number of halogens is 2. The van der Waals surface area contributed by atoms with Crippen LogP contribution in [0.5, 0.6) is 0 Å². The number of benzene rings is 1. The van der Waals surface area contributed by atoms with Gasteiger partial charge in [-0.05, 0) is 37.1 Å². The molecule has 1 unspecified atom stereocenters. The van der Waals surface area contributed by atoms with Gasteiger partial charge in [-0.1, -0.05) is 52.9 Å². The van der Waals surface area contributed by atoms with Gasteiger partial charge in [-0.2, -0.15) is 0 Å². The summed E-state index contributed by atoms with van der Waals surface area (Å²) in [6.07, 6.45) is 5.42. The first-order valence-electron chi connectivity index (χ1n) is 5.83. The Labute approximate surface area is 111 Å². The maximum Gasteiger partial charge on any atom is 0.0417 e. The molecule has 2 rings (SSSR count). The molecule has 1 saturated carbocycles. The molecule has 1 aromatic rings. The predicted octanol–water partition coefficient (Wildman–Crippen LogP) is 4.55. The van der Waals surface area contributed by atoms with E-state index in [2.05, 4.69) is 27.3 Å². The Kier molecular flexibility index (Phi) is 4.28. The summed E-state index contributed by atoms with van der Waals surface area (Å²) in [6.45, 7) is 0. The second-order valence-corrected chi connectivity index (χ2v) is 5.83. The van der Waals surface area contributed by atoms with Crippen LogP contribution in [0.4, 0.5) is 0 Å². The summed E-state index contributed by atoms with van der Waals surface area (Å²) >= 11 is 9.55. The van der Waals surface area contributed by atoms with Gasteiger partial charge in [0.05, 0.1) is 0 Å². The molecule has 0 amide bonds. The molecule has 1 fully saturated rings. The Bertz CT molecular complexity index is 363. The molecule has 0 spiro atoms. The van der Waals surface area contributed by atoms with Crippen LogP contribution in [0.15, 0.2) is 22.7 Å². The average molecular weight is 303 g/mol. The average Bonchev–Trinajstić information content (AvgIpc) is 2.18. The molecular weight excluding hydrogens is 286 g/mol. The third-order valence-corrected chi connectivity index (χ3v) is 4.40. The minimum absolute atomic E-state index is 0.442. The van der Waals surface area contributed by atoms with Gasteiger partial charge in [0, 0.05) is 15.5 Å². The molecular formula is C13H17BrClN. The maximum absolute atomic E-state index is 5.96. The standard InChI is InChI=1S/C13H17BrClN/c1-16-13(7-9-3-2-4-9)11-6-5-10(15)8-12(11)14/h5-6,8-9,13,16H,2-4,7H2,1H3. The van der Waals surface area contributed by atoms with Gasteiger partial charge < -0.3 is 5.32 Å². The van der Waals surface area contributed by atoms with Crippen molar-refractivity contribution in [3.8, 4) is 0 Å². The monoisotopic (exact) mass is 301 g/mol. The molecule has 1 aliphatic rings. The van der Waals surface area contributed by atoms with E-state index >= 15 is 0 Å². The van der Waals surface area contributed by atoms with E-state index in [1.165, 1.54) is 31.2 Å². The van der Waals surface area contributed by atoms with E-state index in [0.29, 0.717) is 6.04 Å². The molecule has 1 aliphatic carbocycles. The van der Waals surface area contributed by atoms with Crippen molar-refractivity contribution >= 4 is 27.5 Å². The summed E-state index contributed by atoms with van der Waals surface area (Å²) in [7, 11) is 2.03. The van der Waals surface area contributed by atoms with Gasteiger partial charge >= 0.3 is 0 Å². The highest BCUT2D eigenvalue weighted by Gasteiger charge is 2.23. The summed E-state index contributed by atoms with van der Waals surface area (Å²) < 4.78 is 1.11. The van der Waals surface area contributed by atoms with E-state index < -0.39 is 0 Å². The molecule has 0 bridgehead atoms. The van der Waals surface area contributed by atoms with Crippen molar-refractivity contribution in [1.82, 2.24) is 5.32 Å². The minimum Gasteiger partial charge on any atom is -0.313 e. The van der Waals surface area contributed by atoms with Gasteiger partial charge in [0.2, 0.25) is 0 Å². The fourth-order valence-electron chi connectivity index (χ4n) is 2.25. The topological polar surface area (TPSA) is 12.0 Å². The Balaban J connectivity index is 2.11. The molecule has 0 saturated heterocycles. The van der Waals surface area contributed by atoms with Crippen molar-refractivity contribution < 1.29 is 0 Å². The fraction of sp³-hybridized carbons (Fsp3) is 0.538. The molecule has 1 nitrogen and oxygen atoms in total. The second-order valence-electron chi connectivity index (χ2n) is 4.54. The summed E-state index contributed by atoms with van der Waals surface area (Å²) in [4.78, 5) is 0. The van der Waals surface area contributed by atoms with Crippen LogP contribution in [-0.2, 0) is 0 Å². The Hall–Kier alpha value is -0.0500. The van der Waals surface area contributed by atoms with Crippen LogP contribution in [0, 0.1) is 5.92 Å². The fourth-order valence-corrected chi connectivity index (χ4v) is 3.21. The second kappa shape index (κ2) is 5.52. The number of hydrogen-bond donors (Lipinski definition) is 1. The lowest BCUT2D eigenvalue weighted by Gasteiger charge is -2.30. The molecule has 16 heavy (non-hydrogen) atoms. The molecule has 88 valence electrons. The number of nitrogens with one attached hydrogen (secondary N) is 1. The lowest BCUT2D eigenvalue weighted by molar-refractivity contribution is 0.265. The van der Waals surface area contributed by atoms with Crippen molar-refractivity contribution in [2.24, 2.45) is 5.92 Å². The Morgan fingerprint density at radius 3 is 2.75 bits per heavy atom. The van der Waals surface area contributed by atoms with Crippen molar-refractivity contribution in [1.29, 1.82) is 0 Å². The van der Waals surface area contributed by atoms with Gasteiger partial charge in [-0.25, -0.2) is 0 Å². The smallest absolute Gasteiger partial charge is 0.0417 e. The quantitative estimate of drug-likeness (QED) is 0.860. The van der Waals surface area contributed by atoms with Crippen molar-refractivity contribution in [3.05, 3.63) is 33.3 Å². The summed E-state index contributed by atoms with van der Waals surface area (Å²) in [5.74, 6) is 0.903. The lowest BCUT2D eigenvalue weighted by atomic mass is 9.79. The highest BCUT2D eigenvalue weighted by molar-refractivity contribution is 9.10. The highest BCUT2D eigenvalue weighted by atomic mass is 79.9. The van der Waals surface area contributed by atoms with Crippen molar-refractivity contribution in [2.75, 3.05) is 7.05 Å². The van der Waals surface area contributed by atoms with Crippen LogP contribution in [0.25, 0.3) is 0 Å². The molecule has 3 heteroatoms. The van der Waals surface area contributed by atoms with Crippen molar-refractivity contribution in [3.63, 3.8) is 0 Å². The Morgan fingerprint density at radius 2 is 2.25 bits per heavy atom. The van der Waals surface area contributed by atoms with Gasteiger partial charge in [-0.3, -0.25) is 0 Å². The summed E-state index contributed by atoms with van der Waals surface area (Å²) in [6, 6.07) is 6.50. The largest absolute Gasteiger partial charge is 0.313 e. The number of rotatable bonds is 4. The van der Waals surface area contributed by atoms with Crippen LogP contribution < -0.4 is 5.32 Å². The predicted molar refractivity (Wildman–Crippen MR) is 72.9 cm³/mol. The molecule has 0 heterocycles. The van der Waals surface area contributed by atoms with E-state index in [1.807, 2.05) is 19.2 Å². The van der Waals surface area contributed by atoms with Gasteiger partial charge in [0.25, 0.3) is 0 Å². The van der Waals surface area contributed by atoms with E-state index in [0.717, 1.165) is 15.4 Å². The lowest BCUT2D eigenvalue weighted by Crippen LogP contribution is -2.23. The zero-order valence-electron chi connectivity index (χ0n) is 9.47. The third kappa shape index (κ3) is 2.79. The summed E-state index contributed by atoms with van der Waals surface area (Å²) in [5.41, 5.74) is 1.32. The zero-order valence-corrected chi connectivity index (χ0v) is 11.8. The first kappa shape index (κ1) is 12.4.